The van der Waals surface area contributed by atoms with E-state index in [1.54, 1.807) is 0 Å². The van der Waals surface area contributed by atoms with Crippen LogP contribution < -0.4 is 0 Å². The van der Waals surface area contributed by atoms with Crippen molar-refractivity contribution in [2.45, 2.75) is 51.7 Å². The molecule has 0 amide bonds. The molecule has 0 aromatic heterocycles. The molecule has 2 heterocycles. The molecule has 1 saturated heterocycles. The Morgan fingerprint density at radius 2 is 1.96 bits per heavy atom. The number of fused-ring (bicyclic) bond motifs is 2. The van der Waals surface area contributed by atoms with Gasteiger partial charge in [0.25, 0.3) is 0 Å². The summed E-state index contributed by atoms with van der Waals surface area (Å²) in [5.74, 6) is -0.0287. The molecule has 2 atom stereocenters. The summed E-state index contributed by atoms with van der Waals surface area (Å²) in [5.41, 5.74) is 4.85. The van der Waals surface area contributed by atoms with Crippen molar-refractivity contribution < 1.29 is 14.6 Å². The number of carbonyl (C=O) groups excluding carboxylic acids is 1. The van der Waals surface area contributed by atoms with Crippen LogP contribution in [0.25, 0.3) is 16.7 Å². The average molecular weight is 383 g/mol. The van der Waals surface area contributed by atoms with Gasteiger partial charge in [0.05, 0.1) is 5.57 Å². The lowest BCUT2D eigenvalue weighted by Gasteiger charge is -2.31. The Hall–Kier alpha value is -2.10. The number of hydrogen-bond acceptors (Lipinski definition) is 3. The maximum Gasteiger partial charge on any atom is 0.195 e. The lowest BCUT2D eigenvalue weighted by molar-refractivity contribution is -0.130. The van der Waals surface area contributed by atoms with Gasteiger partial charge in [-0.3, -0.25) is 4.79 Å². The topological polar surface area (TPSA) is 46.5 Å². The first-order chi connectivity index (χ1) is 12.8. The van der Waals surface area contributed by atoms with E-state index in [9.17, 15) is 9.90 Å². The normalized spacial score (nSPS) is 24.6. The molecule has 2 aromatic rings. The predicted molar refractivity (Wildman–Crippen MR) is 108 cm³/mol. The van der Waals surface area contributed by atoms with Crippen molar-refractivity contribution in [3.05, 3.63) is 63.9 Å². The highest BCUT2D eigenvalue weighted by molar-refractivity contribution is 6.30. The molecule has 0 unspecified atom stereocenters. The van der Waals surface area contributed by atoms with Gasteiger partial charge in [0, 0.05) is 5.02 Å². The maximum absolute atomic E-state index is 12.9. The molecule has 27 heavy (non-hydrogen) atoms. The molecule has 0 spiro atoms. The zero-order chi connectivity index (χ0) is 19.3. The van der Waals surface area contributed by atoms with Crippen molar-refractivity contribution in [1.29, 1.82) is 0 Å². The molecular weight excluding hydrogens is 360 g/mol. The summed E-state index contributed by atoms with van der Waals surface area (Å²) in [6, 6.07) is 11.9. The summed E-state index contributed by atoms with van der Waals surface area (Å²) in [5, 5.41) is 11.6. The van der Waals surface area contributed by atoms with E-state index < -0.39 is 11.7 Å². The van der Waals surface area contributed by atoms with Crippen molar-refractivity contribution in [2.75, 3.05) is 0 Å². The molecule has 4 heteroatoms. The van der Waals surface area contributed by atoms with Gasteiger partial charge in [-0.25, -0.2) is 0 Å². The Balaban J connectivity index is 1.84. The first-order valence-electron chi connectivity index (χ1n) is 9.39. The Morgan fingerprint density at radius 1 is 1.22 bits per heavy atom. The third-order valence-electron chi connectivity index (χ3n) is 5.82. The van der Waals surface area contributed by atoms with Gasteiger partial charge in [-0.1, -0.05) is 42.8 Å². The molecule has 140 valence electrons. The minimum Gasteiger partial charge on any atom is -0.508 e. The van der Waals surface area contributed by atoms with Crippen molar-refractivity contribution >= 4 is 23.0 Å². The van der Waals surface area contributed by atoms with Crippen LogP contribution in [0.2, 0.25) is 5.02 Å². The summed E-state index contributed by atoms with van der Waals surface area (Å²) >= 11 is 6.08. The quantitative estimate of drug-likeness (QED) is 0.744. The lowest BCUT2D eigenvalue weighted by atomic mass is 9.86. The van der Waals surface area contributed by atoms with Gasteiger partial charge in [-0.15, -0.1) is 0 Å². The number of aryl methyl sites for hydroxylation is 2. The van der Waals surface area contributed by atoms with Crippen molar-refractivity contribution in [3.8, 4) is 11.1 Å². The van der Waals surface area contributed by atoms with E-state index in [1.807, 2.05) is 44.2 Å². The van der Waals surface area contributed by atoms with E-state index in [-0.39, 0.29) is 11.5 Å². The molecule has 0 radical (unpaired) electrons. The SMILES string of the molecule is CCc1cc(-c2ccc(Cl)cc2C)ccc1C1=C(O)[C@@]2(C)CC[C@H](O2)C1=O. The monoisotopic (exact) mass is 382 g/mol. The Morgan fingerprint density at radius 3 is 2.67 bits per heavy atom. The van der Waals surface area contributed by atoms with Crippen LogP contribution in [0, 0.1) is 6.92 Å². The van der Waals surface area contributed by atoms with E-state index >= 15 is 0 Å². The number of ether oxygens (including phenoxy) is 1. The van der Waals surface area contributed by atoms with Gasteiger partial charge in [-0.05, 0) is 73.1 Å². The highest BCUT2D eigenvalue weighted by Gasteiger charge is 2.50. The van der Waals surface area contributed by atoms with Crippen LogP contribution in [0.3, 0.4) is 0 Å². The van der Waals surface area contributed by atoms with Crippen LogP contribution in [0.4, 0.5) is 0 Å². The Bertz CT molecular complexity index is 976. The number of Topliss-reactive ketones (excluding diaryl/α,β-unsaturated/α-hetero) is 1. The average Bonchev–Trinajstić information content (AvgIpc) is 3.02. The summed E-state index contributed by atoms with van der Waals surface area (Å²) in [7, 11) is 0. The summed E-state index contributed by atoms with van der Waals surface area (Å²) in [4.78, 5) is 12.9. The molecule has 2 aliphatic rings. The molecule has 0 saturated carbocycles. The summed E-state index contributed by atoms with van der Waals surface area (Å²) < 4.78 is 5.78. The molecule has 1 N–H and O–H groups in total. The second kappa shape index (κ2) is 6.50. The molecule has 2 bridgehead atoms. The fraction of sp³-hybridized carbons (Fsp3) is 0.348. The lowest BCUT2D eigenvalue weighted by Crippen LogP contribution is -2.37. The molecule has 1 fully saturated rings. The highest BCUT2D eigenvalue weighted by atomic mass is 35.5. The zero-order valence-corrected chi connectivity index (χ0v) is 16.6. The molecule has 2 aliphatic heterocycles. The van der Waals surface area contributed by atoms with E-state index in [2.05, 4.69) is 13.0 Å². The van der Waals surface area contributed by atoms with E-state index in [0.29, 0.717) is 18.4 Å². The molecular formula is C23H23ClO3. The standard InChI is InChI=1S/C23H23ClO3/c1-4-14-12-15(17-8-6-16(24)11-13(17)2)5-7-18(14)20-21(25)19-9-10-23(3,27-19)22(20)26/h5-8,11-12,19,26H,4,9-10H2,1-3H3/t19-,23+/m0/s1. The van der Waals surface area contributed by atoms with Crippen LogP contribution >= 0.6 is 11.6 Å². The zero-order valence-electron chi connectivity index (χ0n) is 15.8. The number of carbonyl (C=O) groups is 1. The molecule has 0 aliphatic carbocycles. The van der Waals surface area contributed by atoms with Crippen molar-refractivity contribution in [2.24, 2.45) is 0 Å². The first-order valence-corrected chi connectivity index (χ1v) is 9.77. The minimum atomic E-state index is -0.746. The van der Waals surface area contributed by atoms with Crippen LogP contribution in [0.1, 0.15) is 43.4 Å². The van der Waals surface area contributed by atoms with E-state index in [0.717, 1.165) is 39.3 Å². The number of aliphatic hydroxyl groups is 1. The second-order valence-electron chi connectivity index (χ2n) is 7.65. The molecule has 3 nitrogen and oxygen atoms in total. The number of benzene rings is 2. The highest BCUT2D eigenvalue weighted by Crippen LogP contribution is 2.45. The Kier molecular flexibility index (Phi) is 4.40. The predicted octanol–water partition coefficient (Wildman–Crippen LogP) is 5.67. The van der Waals surface area contributed by atoms with E-state index in [4.69, 9.17) is 16.3 Å². The van der Waals surface area contributed by atoms with Gasteiger partial charge >= 0.3 is 0 Å². The van der Waals surface area contributed by atoms with Crippen molar-refractivity contribution in [3.63, 3.8) is 0 Å². The first kappa shape index (κ1) is 18.3. The van der Waals surface area contributed by atoms with Gasteiger partial charge in [0.2, 0.25) is 0 Å². The number of halogens is 1. The third-order valence-corrected chi connectivity index (χ3v) is 6.05. The third kappa shape index (κ3) is 2.90. The van der Waals surface area contributed by atoms with Gasteiger partial charge < -0.3 is 9.84 Å². The largest absolute Gasteiger partial charge is 0.508 e. The fourth-order valence-corrected chi connectivity index (χ4v) is 4.47. The number of ketones is 1. The van der Waals surface area contributed by atoms with Crippen LogP contribution in [0.15, 0.2) is 42.2 Å². The molecule has 2 aromatic carbocycles. The summed E-state index contributed by atoms with van der Waals surface area (Å²) in [6.45, 7) is 5.97. The second-order valence-corrected chi connectivity index (χ2v) is 8.09. The van der Waals surface area contributed by atoms with Gasteiger partial charge in [-0.2, -0.15) is 0 Å². The van der Waals surface area contributed by atoms with E-state index in [1.165, 1.54) is 0 Å². The Labute approximate surface area is 164 Å². The smallest absolute Gasteiger partial charge is 0.195 e. The fourth-order valence-electron chi connectivity index (χ4n) is 4.25. The van der Waals surface area contributed by atoms with Gasteiger partial charge in [0.15, 0.2) is 5.78 Å². The minimum absolute atomic E-state index is 0.0753. The van der Waals surface area contributed by atoms with Crippen LogP contribution in [0.5, 0.6) is 0 Å². The maximum atomic E-state index is 12.9. The number of aliphatic hydroxyl groups excluding tert-OH is 1. The number of hydrogen-bond donors (Lipinski definition) is 1. The van der Waals surface area contributed by atoms with Crippen LogP contribution in [-0.2, 0) is 16.0 Å². The van der Waals surface area contributed by atoms with Gasteiger partial charge in [0.1, 0.15) is 17.5 Å². The van der Waals surface area contributed by atoms with Crippen molar-refractivity contribution in [1.82, 2.24) is 0 Å². The number of rotatable bonds is 3. The van der Waals surface area contributed by atoms with Crippen LogP contribution in [-0.4, -0.2) is 22.6 Å². The molecule has 4 rings (SSSR count). The summed E-state index contributed by atoms with van der Waals surface area (Å²) in [6.07, 6.45) is 1.65.